The number of rotatable bonds is 5. The molecule has 3 heterocycles. The van der Waals surface area contributed by atoms with E-state index in [0.717, 1.165) is 43.1 Å². The van der Waals surface area contributed by atoms with Crippen LogP contribution in [0.4, 0.5) is 26.0 Å². The molecule has 4 aromatic rings. The standard InChI is InChI=1S/C25H26F2N6O/c1-16-14-19-20(32(16)3)8-9-21(22(19)26)34-25-23(27)24(28-15-29-25)30-17-4-6-18(7-5-17)33-12-10-31(2)11-13-33/h4-9,14-15H,10-13H2,1-3H3,(H,28,29,30). The Balaban J connectivity index is 1.34. The van der Waals surface area contributed by atoms with Crippen LogP contribution in [0.1, 0.15) is 5.69 Å². The first-order valence-corrected chi connectivity index (χ1v) is 11.1. The van der Waals surface area contributed by atoms with Gasteiger partial charge in [-0.3, -0.25) is 0 Å². The van der Waals surface area contributed by atoms with Crippen LogP contribution < -0.4 is 15.0 Å². The van der Waals surface area contributed by atoms with E-state index in [0.29, 0.717) is 11.1 Å². The Morgan fingerprint density at radius 3 is 2.38 bits per heavy atom. The molecule has 2 aromatic carbocycles. The van der Waals surface area contributed by atoms with Crippen LogP contribution in [0.5, 0.6) is 11.6 Å². The molecule has 1 fully saturated rings. The van der Waals surface area contributed by atoms with Gasteiger partial charge in [0.15, 0.2) is 17.4 Å². The highest BCUT2D eigenvalue weighted by atomic mass is 19.1. The van der Waals surface area contributed by atoms with Crippen LogP contribution in [0.25, 0.3) is 10.9 Å². The molecule has 34 heavy (non-hydrogen) atoms. The number of nitrogens with one attached hydrogen (secondary N) is 1. The quantitative estimate of drug-likeness (QED) is 0.456. The molecule has 7 nitrogen and oxygen atoms in total. The normalized spacial score (nSPS) is 14.6. The Morgan fingerprint density at radius 2 is 1.65 bits per heavy atom. The van der Waals surface area contributed by atoms with Crippen LogP contribution in [0.3, 0.4) is 0 Å². The van der Waals surface area contributed by atoms with Crippen molar-refractivity contribution >= 4 is 28.1 Å². The van der Waals surface area contributed by atoms with E-state index in [4.69, 9.17) is 4.74 Å². The average molecular weight is 465 g/mol. The molecule has 176 valence electrons. The fourth-order valence-corrected chi connectivity index (χ4v) is 4.14. The minimum Gasteiger partial charge on any atom is -0.433 e. The van der Waals surface area contributed by atoms with Crippen molar-refractivity contribution in [2.75, 3.05) is 43.4 Å². The van der Waals surface area contributed by atoms with Crippen molar-refractivity contribution in [1.82, 2.24) is 19.4 Å². The zero-order valence-corrected chi connectivity index (χ0v) is 19.3. The molecule has 0 bridgehead atoms. The number of hydrogen-bond donors (Lipinski definition) is 1. The number of ether oxygens (including phenoxy) is 1. The van der Waals surface area contributed by atoms with Gasteiger partial charge in [0.1, 0.15) is 6.33 Å². The number of likely N-dealkylation sites (N-methyl/N-ethyl adjacent to an activating group) is 1. The second kappa shape index (κ2) is 8.90. The van der Waals surface area contributed by atoms with E-state index in [1.54, 1.807) is 12.1 Å². The number of anilines is 3. The Morgan fingerprint density at radius 1 is 0.912 bits per heavy atom. The molecule has 9 heteroatoms. The lowest BCUT2D eigenvalue weighted by Gasteiger charge is -2.34. The predicted octanol–water partition coefficient (Wildman–Crippen LogP) is 4.84. The van der Waals surface area contributed by atoms with Gasteiger partial charge in [-0.1, -0.05) is 0 Å². The van der Waals surface area contributed by atoms with E-state index in [9.17, 15) is 0 Å². The summed E-state index contributed by atoms with van der Waals surface area (Å²) in [6.45, 7) is 5.86. The monoisotopic (exact) mass is 464 g/mol. The molecule has 0 unspecified atom stereocenters. The first kappa shape index (κ1) is 22.1. The largest absolute Gasteiger partial charge is 0.433 e. The summed E-state index contributed by atoms with van der Waals surface area (Å²) in [7, 11) is 3.98. The molecule has 5 rings (SSSR count). The number of aryl methyl sites for hydroxylation is 2. The molecule has 2 aromatic heterocycles. The number of hydrogen-bond acceptors (Lipinski definition) is 6. The summed E-state index contributed by atoms with van der Waals surface area (Å²) >= 11 is 0. The van der Waals surface area contributed by atoms with Crippen molar-refractivity contribution in [3.63, 3.8) is 0 Å². The summed E-state index contributed by atoms with van der Waals surface area (Å²) in [6, 6.07) is 12.7. The maximum atomic E-state index is 15.1. The highest BCUT2D eigenvalue weighted by molar-refractivity contribution is 5.83. The van der Waals surface area contributed by atoms with Crippen molar-refractivity contribution in [2.45, 2.75) is 6.92 Å². The summed E-state index contributed by atoms with van der Waals surface area (Å²) in [4.78, 5) is 12.5. The summed E-state index contributed by atoms with van der Waals surface area (Å²) < 4.78 is 37.5. The van der Waals surface area contributed by atoms with Gasteiger partial charge in [0.25, 0.3) is 5.88 Å². The van der Waals surface area contributed by atoms with Crippen LogP contribution in [0, 0.1) is 18.6 Å². The van der Waals surface area contributed by atoms with Gasteiger partial charge >= 0.3 is 0 Å². The van der Waals surface area contributed by atoms with Gasteiger partial charge in [-0.2, -0.15) is 9.37 Å². The second-order valence-electron chi connectivity index (χ2n) is 8.56. The molecule has 0 aliphatic carbocycles. The second-order valence-corrected chi connectivity index (χ2v) is 8.56. The Labute approximate surface area is 196 Å². The maximum absolute atomic E-state index is 15.1. The Hall–Kier alpha value is -3.72. The van der Waals surface area contributed by atoms with Gasteiger partial charge in [0.2, 0.25) is 5.82 Å². The molecule has 1 N–H and O–H groups in total. The maximum Gasteiger partial charge on any atom is 0.261 e. The first-order chi connectivity index (χ1) is 16.4. The highest BCUT2D eigenvalue weighted by Crippen LogP contribution is 2.33. The van der Waals surface area contributed by atoms with Crippen molar-refractivity contribution in [2.24, 2.45) is 7.05 Å². The third-order valence-corrected chi connectivity index (χ3v) is 6.33. The summed E-state index contributed by atoms with van der Waals surface area (Å²) in [5, 5.41) is 3.37. The summed E-state index contributed by atoms with van der Waals surface area (Å²) in [5.41, 5.74) is 3.43. The van der Waals surface area contributed by atoms with Crippen LogP contribution >= 0.6 is 0 Å². The van der Waals surface area contributed by atoms with Crippen LogP contribution in [-0.2, 0) is 7.05 Å². The number of halogens is 2. The van der Waals surface area contributed by atoms with E-state index >= 15 is 8.78 Å². The fraction of sp³-hybridized carbons (Fsp3) is 0.280. The molecular formula is C25H26F2N6O. The minimum absolute atomic E-state index is 0.0469. The smallest absolute Gasteiger partial charge is 0.261 e. The molecule has 0 saturated carbocycles. The molecule has 0 atom stereocenters. The zero-order valence-electron chi connectivity index (χ0n) is 19.3. The average Bonchev–Trinajstić information content (AvgIpc) is 3.13. The number of aromatic nitrogens is 3. The fourth-order valence-electron chi connectivity index (χ4n) is 4.14. The number of fused-ring (bicyclic) bond motifs is 1. The van der Waals surface area contributed by atoms with E-state index in [2.05, 4.69) is 32.1 Å². The van der Waals surface area contributed by atoms with Crippen molar-refractivity contribution < 1.29 is 13.5 Å². The van der Waals surface area contributed by atoms with E-state index < -0.39 is 11.6 Å². The van der Waals surface area contributed by atoms with Gasteiger partial charge in [0, 0.05) is 55.7 Å². The third kappa shape index (κ3) is 4.14. The van der Waals surface area contributed by atoms with Gasteiger partial charge in [-0.05, 0) is 56.4 Å². The van der Waals surface area contributed by atoms with Crippen molar-refractivity contribution in [3.05, 3.63) is 66.1 Å². The Kier molecular flexibility index (Phi) is 5.79. The van der Waals surface area contributed by atoms with Crippen molar-refractivity contribution in [3.8, 4) is 11.6 Å². The molecule has 1 saturated heterocycles. The lowest BCUT2D eigenvalue weighted by Crippen LogP contribution is -2.44. The SMILES string of the molecule is Cc1cc2c(F)c(Oc3ncnc(Nc4ccc(N5CCN(C)CC5)cc4)c3F)ccc2n1C. The van der Waals surface area contributed by atoms with Crippen molar-refractivity contribution in [1.29, 1.82) is 0 Å². The van der Waals surface area contributed by atoms with Crippen LogP contribution in [0.15, 0.2) is 48.8 Å². The van der Waals surface area contributed by atoms with Crippen LogP contribution in [-0.4, -0.2) is 52.7 Å². The molecule has 0 amide bonds. The number of nitrogens with zero attached hydrogens (tertiary/aromatic N) is 5. The van der Waals surface area contributed by atoms with E-state index in [1.165, 1.54) is 12.4 Å². The number of piperazine rings is 1. The third-order valence-electron chi connectivity index (χ3n) is 6.33. The molecule has 1 aliphatic rings. The topological polar surface area (TPSA) is 58.5 Å². The number of benzene rings is 2. The molecule has 0 radical (unpaired) electrons. The first-order valence-electron chi connectivity index (χ1n) is 11.1. The van der Waals surface area contributed by atoms with Gasteiger partial charge in [-0.25, -0.2) is 9.37 Å². The molecular weight excluding hydrogens is 438 g/mol. The lowest BCUT2D eigenvalue weighted by atomic mass is 10.2. The van der Waals surface area contributed by atoms with E-state index in [1.807, 2.05) is 42.8 Å². The minimum atomic E-state index is -0.797. The lowest BCUT2D eigenvalue weighted by molar-refractivity contribution is 0.313. The van der Waals surface area contributed by atoms with Crippen LogP contribution in [0.2, 0.25) is 0 Å². The van der Waals surface area contributed by atoms with Gasteiger partial charge in [0.05, 0.1) is 5.52 Å². The highest BCUT2D eigenvalue weighted by Gasteiger charge is 2.19. The Bertz CT molecular complexity index is 1330. The van der Waals surface area contributed by atoms with Gasteiger partial charge in [-0.15, -0.1) is 0 Å². The molecule has 1 aliphatic heterocycles. The summed E-state index contributed by atoms with van der Waals surface area (Å²) in [6.07, 6.45) is 1.18. The van der Waals surface area contributed by atoms with E-state index in [-0.39, 0.29) is 17.4 Å². The molecule has 0 spiro atoms. The summed E-state index contributed by atoms with van der Waals surface area (Å²) in [5.74, 6) is -1.85. The predicted molar refractivity (Wildman–Crippen MR) is 129 cm³/mol. The van der Waals surface area contributed by atoms with Gasteiger partial charge < -0.3 is 24.4 Å². The zero-order chi connectivity index (χ0) is 23.8.